The van der Waals surface area contributed by atoms with Gasteiger partial charge in [-0.2, -0.15) is 0 Å². The topological polar surface area (TPSA) is 99.5 Å². The molecule has 16 heavy (non-hydrogen) atoms. The van der Waals surface area contributed by atoms with Crippen molar-refractivity contribution in [3.8, 4) is 0 Å². The summed E-state index contributed by atoms with van der Waals surface area (Å²) in [4.78, 5) is 3.48. The number of halogens is 1. The van der Waals surface area contributed by atoms with Gasteiger partial charge in [0.1, 0.15) is 4.90 Å². The highest BCUT2D eigenvalue weighted by Gasteiger charge is 2.18. The number of hydrogen-bond donors (Lipinski definition) is 3. The van der Waals surface area contributed by atoms with Crippen LogP contribution in [0.3, 0.4) is 0 Å². The van der Waals surface area contributed by atoms with Crippen LogP contribution in [0.25, 0.3) is 0 Å². The SMILES string of the molecule is O=S(=O)(NCC(O)CO)c1cnccc1Cl. The second-order valence-corrected chi connectivity index (χ2v) is 5.14. The van der Waals surface area contributed by atoms with Crippen LogP contribution in [0, 0.1) is 0 Å². The smallest absolute Gasteiger partial charge is 0.243 e. The van der Waals surface area contributed by atoms with Crippen LogP contribution in [0.4, 0.5) is 0 Å². The molecule has 0 saturated carbocycles. The second kappa shape index (κ2) is 5.55. The zero-order valence-corrected chi connectivity index (χ0v) is 9.74. The van der Waals surface area contributed by atoms with Gasteiger partial charge in [-0.3, -0.25) is 4.98 Å². The highest BCUT2D eigenvalue weighted by Crippen LogP contribution is 2.18. The molecule has 3 N–H and O–H groups in total. The number of sulfonamides is 1. The van der Waals surface area contributed by atoms with Gasteiger partial charge in [0.2, 0.25) is 10.0 Å². The molecule has 6 nitrogen and oxygen atoms in total. The van der Waals surface area contributed by atoms with Crippen LogP contribution in [0.15, 0.2) is 23.4 Å². The van der Waals surface area contributed by atoms with Gasteiger partial charge in [0.25, 0.3) is 0 Å². The number of nitrogens with one attached hydrogen (secondary N) is 1. The van der Waals surface area contributed by atoms with Crippen LogP contribution in [0.5, 0.6) is 0 Å². The van der Waals surface area contributed by atoms with E-state index in [0.29, 0.717) is 0 Å². The van der Waals surface area contributed by atoms with Crippen LogP contribution in [0.1, 0.15) is 0 Å². The van der Waals surface area contributed by atoms with Gasteiger partial charge in [0.15, 0.2) is 0 Å². The fourth-order valence-electron chi connectivity index (χ4n) is 0.909. The maximum absolute atomic E-state index is 11.6. The molecule has 0 fully saturated rings. The standard InChI is InChI=1S/C8H11ClN2O4S/c9-7-1-2-10-4-8(7)16(14,15)11-3-6(13)5-12/h1-2,4,6,11-13H,3,5H2. The number of rotatable bonds is 5. The lowest BCUT2D eigenvalue weighted by Crippen LogP contribution is -2.34. The normalized spacial score (nSPS) is 13.7. The first-order chi connectivity index (χ1) is 7.47. The fourth-order valence-corrected chi connectivity index (χ4v) is 2.41. The third-order valence-electron chi connectivity index (χ3n) is 1.74. The molecule has 1 heterocycles. The van der Waals surface area contributed by atoms with Crippen molar-refractivity contribution in [3.05, 3.63) is 23.5 Å². The Balaban J connectivity index is 2.83. The van der Waals surface area contributed by atoms with Gasteiger partial charge < -0.3 is 10.2 Å². The molecule has 0 aliphatic carbocycles. The maximum Gasteiger partial charge on any atom is 0.243 e. The average molecular weight is 267 g/mol. The molecule has 8 heteroatoms. The summed E-state index contributed by atoms with van der Waals surface area (Å²) >= 11 is 5.69. The molecule has 0 bridgehead atoms. The van der Waals surface area contributed by atoms with E-state index in [2.05, 4.69) is 9.71 Å². The maximum atomic E-state index is 11.6. The van der Waals surface area contributed by atoms with E-state index in [9.17, 15) is 8.42 Å². The van der Waals surface area contributed by atoms with Crippen LogP contribution in [-0.4, -0.2) is 42.9 Å². The van der Waals surface area contributed by atoms with E-state index in [1.807, 2.05) is 0 Å². The predicted molar refractivity (Wildman–Crippen MR) is 57.5 cm³/mol. The van der Waals surface area contributed by atoms with Crippen molar-refractivity contribution in [1.29, 1.82) is 0 Å². The lowest BCUT2D eigenvalue weighted by atomic mass is 10.4. The van der Waals surface area contributed by atoms with Crippen molar-refractivity contribution in [2.75, 3.05) is 13.2 Å². The van der Waals surface area contributed by atoms with Crippen LogP contribution >= 0.6 is 11.6 Å². The minimum absolute atomic E-state index is 0.0426. The molecule has 1 rings (SSSR count). The summed E-state index contributed by atoms with van der Waals surface area (Å²) in [5, 5.41) is 17.6. The summed E-state index contributed by atoms with van der Waals surface area (Å²) in [6, 6.07) is 1.35. The van der Waals surface area contributed by atoms with E-state index in [4.69, 9.17) is 21.8 Å². The molecule has 0 aliphatic heterocycles. The van der Waals surface area contributed by atoms with Gasteiger partial charge in [-0.25, -0.2) is 13.1 Å². The van der Waals surface area contributed by atoms with Crippen LogP contribution < -0.4 is 4.72 Å². The lowest BCUT2D eigenvalue weighted by molar-refractivity contribution is 0.0988. The molecule has 0 aliphatic rings. The first kappa shape index (κ1) is 13.3. The molecule has 90 valence electrons. The van der Waals surface area contributed by atoms with E-state index >= 15 is 0 Å². The summed E-state index contributed by atoms with van der Waals surface area (Å²) in [6.45, 7) is -0.812. The molecule has 1 aromatic heterocycles. The van der Waals surface area contributed by atoms with E-state index in [-0.39, 0.29) is 16.5 Å². The summed E-state index contributed by atoms with van der Waals surface area (Å²) in [7, 11) is -3.81. The van der Waals surface area contributed by atoms with Crippen LogP contribution in [0.2, 0.25) is 5.02 Å². The Kier molecular flexibility index (Phi) is 4.63. The number of hydrogen-bond acceptors (Lipinski definition) is 5. The third kappa shape index (κ3) is 3.39. The zero-order valence-electron chi connectivity index (χ0n) is 8.17. The highest BCUT2D eigenvalue weighted by molar-refractivity contribution is 7.89. The summed E-state index contributed by atoms with van der Waals surface area (Å²) in [6.07, 6.45) is 1.32. The van der Waals surface area contributed by atoms with Gasteiger partial charge in [0, 0.05) is 18.9 Å². The number of aliphatic hydroxyl groups excluding tert-OH is 2. The largest absolute Gasteiger partial charge is 0.394 e. The summed E-state index contributed by atoms with van der Waals surface area (Å²) < 4.78 is 25.4. The summed E-state index contributed by atoms with van der Waals surface area (Å²) in [5.41, 5.74) is 0. The van der Waals surface area contributed by atoms with Gasteiger partial charge in [-0.15, -0.1) is 0 Å². The summed E-state index contributed by atoms with van der Waals surface area (Å²) in [5.74, 6) is 0. The lowest BCUT2D eigenvalue weighted by Gasteiger charge is -2.10. The molecular formula is C8H11ClN2O4S. The first-order valence-corrected chi connectivity index (χ1v) is 6.21. The van der Waals surface area contributed by atoms with Gasteiger partial charge in [-0.1, -0.05) is 11.6 Å². The molecule has 1 aromatic rings. The van der Waals surface area contributed by atoms with E-state index in [1.54, 1.807) is 0 Å². The third-order valence-corrected chi connectivity index (χ3v) is 3.64. The molecule has 0 saturated heterocycles. The molecule has 0 radical (unpaired) electrons. The minimum Gasteiger partial charge on any atom is -0.394 e. The molecule has 1 unspecified atom stereocenters. The number of aliphatic hydroxyl groups is 2. The van der Waals surface area contributed by atoms with Gasteiger partial charge in [-0.05, 0) is 6.07 Å². The number of aromatic nitrogens is 1. The van der Waals surface area contributed by atoms with Crippen LogP contribution in [-0.2, 0) is 10.0 Å². The zero-order chi connectivity index (χ0) is 12.2. The second-order valence-electron chi connectivity index (χ2n) is 2.99. The molecular weight excluding hydrogens is 256 g/mol. The predicted octanol–water partition coefficient (Wildman–Crippen LogP) is -0.633. The Morgan fingerprint density at radius 3 is 2.81 bits per heavy atom. The van der Waals surface area contributed by atoms with Gasteiger partial charge >= 0.3 is 0 Å². The average Bonchev–Trinajstić information content (AvgIpc) is 2.26. The Morgan fingerprint density at radius 2 is 2.25 bits per heavy atom. The fraction of sp³-hybridized carbons (Fsp3) is 0.375. The Bertz CT molecular complexity index is 451. The van der Waals surface area contributed by atoms with Crippen molar-refractivity contribution in [1.82, 2.24) is 9.71 Å². The van der Waals surface area contributed by atoms with E-state index < -0.39 is 22.7 Å². The quantitative estimate of drug-likeness (QED) is 0.659. The Hall–Kier alpha value is -0.730. The minimum atomic E-state index is -3.81. The highest BCUT2D eigenvalue weighted by atomic mass is 35.5. The van der Waals surface area contributed by atoms with Crippen molar-refractivity contribution in [3.63, 3.8) is 0 Å². The first-order valence-electron chi connectivity index (χ1n) is 4.35. The monoisotopic (exact) mass is 266 g/mol. The van der Waals surface area contributed by atoms with Crippen molar-refractivity contribution >= 4 is 21.6 Å². The van der Waals surface area contributed by atoms with Crippen molar-refractivity contribution in [2.45, 2.75) is 11.0 Å². The molecule has 0 spiro atoms. The van der Waals surface area contributed by atoms with Gasteiger partial charge in [0.05, 0.1) is 17.7 Å². The molecule has 0 amide bonds. The molecule has 1 atom stereocenters. The van der Waals surface area contributed by atoms with E-state index in [1.165, 1.54) is 12.3 Å². The Labute approximate surface area is 97.9 Å². The Morgan fingerprint density at radius 1 is 1.56 bits per heavy atom. The number of nitrogens with zero attached hydrogens (tertiary/aromatic N) is 1. The molecule has 0 aromatic carbocycles. The van der Waals surface area contributed by atoms with Crippen molar-refractivity contribution in [2.24, 2.45) is 0 Å². The number of pyridine rings is 1. The van der Waals surface area contributed by atoms with E-state index in [0.717, 1.165) is 6.20 Å². The van der Waals surface area contributed by atoms with Crippen molar-refractivity contribution < 1.29 is 18.6 Å².